The largest absolute Gasteiger partial charge is 0.0933 e. The SMILES string of the molecule is CC(C)(C)c1cc2c3c(ccc4cc5c6c7c(c8ccccc85)C=CC5=Cc8ccccc8C([C+]57)C([CH]2)c6c43)c1. The fourth-order valence-electron chi connectivity index (χ4n) is 8.51. The van der Waals surface area contributed by atoms with E-state index in [1.165, 1.54) is 88.0 Å². The van der Waals surface area contributed by atoms with Gasteiger partial charge < -0.3 is 0 Å². The second kappa shape index (κ2) is 6.88. The Bertz CT molecular complexity index is 2230. The lowest BCUT2D eigenvalue weighted by Gasteiger charge is -2.43. The molecule has 1 radical (unpaired) electrons. The van der Waals surface area contributed by atoms with Gasteiger partial charge in [0.2, 0.25) is 0 Å². The van der Waals surface area contributed by atoms with Crippen LogP contribution < -0.4 is 0 Å². The first kappa shape index (κ1) is 21.5. The molecular weight excluding hydrogens is 480 g/mol. The van der Waals surface area contributed by atoms with E-state index in [1.807, 2.05) is 0 Å². The third-order valence-electron chi connectivity index (χ3n) is 10.2. The van der Waals surface area contributed by atoms with Crippen LogP contribution in [0.5, 0.6) is 0 Å². The maximum atomic E-state index is 2.65. The van der Waals surface area contributed by atoms with Gasteiger partial charge in [0.1, 0.15) is 0 Å². The van der Waals surface area contributed by atoms with Crippen molar-refractivity contribution in [2.45, 2.75) is 38.0 Å². The molecule has 2 atom stereocenters. The van der Waals surface area contributed by atoms with E-state index in [0.29, 0.717) is 11.8 Å². The third-order valence-corrected chi connectivity index (χ3v) is 10.2. The maximum absolute atomic E-state index is 2.65. The van der Waals surface area contributed by atoms with Crippen LogP contribution in [0.2, 0.25) is 0 Å². The molecule has 6 aromatic carbocycles. The standard InChI is InChI=1S/C40H28/c1-40(2,3)26-17-23-12-13-24-19-31-29-11-7-6-10-28(29)30-15-14-22-16-21-8-4-5-9-27(21)36-32-20-25(18-26)33(23)34(24)39(32)38(31)37(30)35(22)36/h4-20,32,36H,1-3H3/q+1. The fraction of sp³-hybridized carbons (Fsp3) is 0.150. The van der Waals surface area contributed by atoms with Crippen LogP contribution in [0.15, 0.2) is 90.5 Å². The Hall–Kier alpha value is -4.29. The van der Waals surface area contributed by atoms with Crippen LogP contribution >= 0.6 is 0 Å². The molecule has 0 nitrogen and oxygen atoms in total. The van der Waals surface area contributed by atoms with Crippen LogP contribution in [-0.4, -0.2) is 0 Å². The molecule has 0 amide bonds. The van der Waals surface area contributed by atoms with Gasteiger partial charge in [-0.25, -0.2) is 0 Å². The smallest absolute Gasteiger partial charge is 0.0619 e. The Labute approximate surface area is 234 Å². The first-order chi connectivity index (χ1) is 19.5. The van der Waals surface area contributed by atoms with Crippen molar-refractivity contribution >= 4 is 55.2 Å². The van der Waals surface area contributed by atoms with Gasteiger partial charge in [0, 0.05) is 69.2 Å². The van der Waals surface area contributed by atoms with Crippen molar-refractivity contribution in [3.63, 3.8) is 0 Å². The lowest BCUT2D eigenvalue weighted by molar-refractivity contribution is 0.589. The molecule has 0 saturated heterocycles. The molecule has 0 heterocycles. The van der Waals surface area contributed by atoms with Crippen molar-refractivity contribution < 1.29 is 0 Å². The number of benzene rings is 6. The van der Waals surface area contributed by atoms with Crippen LogP contribution in [0.25, 0.3) is 55.2 Å². The highest BCUT2D eigenvalue weighted by molar-refractivity contribution is 6.25. The third kappa shape index (κ3) is 2.43. The molecule has 10 rings (SSSR count). The van der Waals surface area contributed by atoms with Crippen molar-refractivity contribution in [1.82, 2.24) is 0 Å². The number of hydrogen-bond acceptors (Lipinski definition) is 0. The maximum Gasteiger partial charge on any atom is 0.0933 e. The number of hydrogen-bond donors (Lipinski definition) is 0. The van der Waals surface area contributed by atoms with Gasteiger partial charge in [0.25, 0.3) is 0 Å². The van der Waals surface area contributed by atoms with Crippen molar-refractivity contribution in [3.05, 3.63) is 142 Å². The molecule has 0 heteroatoms. The van der Waals surface area contributed by atoms with Crippen LogP contribution in [0.4, 0.5) is 0 Å². The van der Waals surface area contributed by atoms with Crippen molar-refractivity contribution in [2.75, 3.05) is 0 Å². The summed E-state index contributed by atoms with van der Waals surface area (Å²) in [5.41, 5.74) is 11.6. The number of fused-ring (bicyclic) bond motifs is 6. The zero-order valence-corrected chi connectivity index (χ0v) is 23.0. The fourth-order valence-corrected chi connectivity index (χ4v) is 8.51. The topological polar surface area (TPSA) is 0 Å². The predicted molar refractivity (Wildman–Crippen MR) is 170 cm³/mol. The summed E-state index contributed by atoms with van der Waals surface area (Å²) in [6.07, 6.45) is 9.86. The summed E-state index contributed by atoms with van der Waals surface area (Å²) in [6.45, 7) is 7.01. The molecule has 0 N–H and O–H groups in total. The first-order valence-corrected chi connectivity index (χ1v) is 14.6. The van der Waals surface area contributed by atoms with Crippen LogP contribution in [-0.2, 0) is 5.41 Å². The molecule has 0 aliphatic heterocycles. The number of rotatable bonds is 0. The average Bonchev–Trinajstić information content (AvgIpc) is 2.97. The van der Waals surface area contributed by atoms with E-state index in [2.05, 4.69) is 124 Å². The molecule has 4 aliphatic rings. The Morgan fingerprint density at radius 1 is 0.675 bits per heavy atom. The highest BCUT2D eigenvalue weighted by atomic mass is 14.5. The summed E-state index contributed by atoms with van der Waals surface area (Å²) in [5.74, 6) is 2.14. The molecule has 6 aromatic rings. The predicted octanol–water partition coefficient (Wildman–Crippen LogP) is 10.4. The van der Waals surface area contributed by atoms with Gasteiger partial charge in [-0.2, -0.15) is 0 Å². The summed E-state index contributed by atoms with van der Waals surface area (Å²) in [5, 5.41) is 11.3. The van der Waals surface area contributed by atoms with E-state index in [4.69, 9.17) is 0 Å². The monoisotopic (exact) mass is 508 g/mol. The molecule has 2 unspecified atom stereocenters. The zero-order chi connectivity index (χ0) is 26.5. The zero-order valence-electron chi connectivity index (χ0n) is 23.0. The highest BCUT2D eigenvalue weighted by Crippen LogP contribution is 2.64. The summed E-state index contributed by atoms with van der Waals surface area (Å²) in [7, 11) is 0. The Morgan fingerprint density at radius 2 is 1.45 bits per heavy atom. The minimum Gasteiger partial charge on any atom is -0.0619 e. The van der Waals surface area contributed by atoms with Gasteiger partial charge in [-0.15, -0.1) is 0 Å². The van der Waals surface area contributed by atoms with Crippen molar-refractivity contribution in [3.8, 4) is 0 Å². The van der Waals surface area contributed by atoms with Gasteiger partial charge in [0.15, 0.2) is 0 Å². The Morgan fingerprint density at radius 3 is 2.30 bits per heavy atom. The molecule has 0 saturated carbocycles. The summed E-state index contributed by atoms with van der Waals surface area (Å²) >= 11 is 0. The summed E-state index contributed by atoms with van der Waals surface area (Å²) in [4.78, 5) is 0. The van der Waals surface area contributed by atoms with Crippen LogP contribution in [0.3, 0.4) is 0 Å². The molecule has 0 fully saturated rings. The molecule has 0 aromatic heterocycles. The average molecular weight is 509 g/mol. The molecule has 40 heavy (non-hydrogen) atoms. The second-order valence-corrected chi connectivity index (χ2v) is 13.3. The van der Waals surface area contributed by atoms with Crippen molar-refractivity contribution in [2.24, 2.45) is 0 Å². The normalized spacial score (nSPS) is 19.8. The molecule has 0 bridgehead atoms. The minimum absolute atomic E-state index is 0.0982. The van der Waals surface area contributed by atoms with E-state index in [1.54, 1.807) is 5.56 Å². The van der Waals surface area contributed by atoms with Gasteiger partial charge in [-0.1, -0.05) is 81.4 Å². The van der Waals surface area contributed by atoms with Crippen LogP contribution in [0.1, 0.15) is 71.6 Å². The molecule has 4 aliphatic carbocycles. The molecular formula is C40H28+. The molecule has 187 valence electrons. The highest BCUT2D eigenvalue weighted by Gasteiger charge is 2.51. The van der Waals surface area contributed by atoms with E-state index < -0.39 is 0 Å². The Kier molecular flexibility index (Phi) is 3.70. The van der Waals surface area contributed by atoms with Crippen LogP contribution in [0, 0.1) is 12.3 Å². The summed E-state index contributed by atoms with van der Waals surface area (Å²) in [6, 6.07) is 30.4. The summed E-state index contributed by atoms with van der Waals surface area (Å²) < 4.78 is 0. The van der Waals surface area contributed by atoms with Crippen molar-refractivity contribution in [1.29, 1.82) is 0 Å². The van der Waals surface area contributed by atoms with Gasteiger partial charge >= 0.3 is 0 Å². The minimum atomic E-state index is 0.0982. The van der Waals surface area contributed by atoms with Gasteiger partial charge in [-0.3, -0.25) is 0 Å². The van der Waals surface area contributed by atoms with E-state index in [-0.39, 0.29) is 5.41 Å². The van der Waals surface area contributed by atoms with E-state index in [9.17, 15) is 0 Å². The quantitative estimate of drug-likeness (QED) is 0.109. The lowest BCUT2D eigenvalue weighted by atomic mass is 9.55. The van der Waals surface area contributed by atoms with Gasteiger partial charge in [-0.05, 0) is 56.5 Å². The second-order valence-electron chi connectivity index (χ2n) is 13.3. The molecule has 0 spiro atoms. The van der Waals surface area contributed by atoms with E-state index >= 15 is 0 Å². The Balaban J connectivity index is 1.47. The van der Waals surface area contributed by atoms with Gasteiger partial charge in [0.05, 0.1) is 28.0 Å². The lowest BCUT2D eigenvalue weighted by Crippen LogP contribution is -2.32. The number of allylic oxidation sites excluding steroid dienone is 2. The first-order valence-electron chi connectivity index (χ1n) is 14.6. The van der Waals surface area contributed by atoms with E-state index in [0.717, 1.165) is 0 Å².